The first kappa shape index (κ1) is 20.0. The Morgan fingerprint density at radius 1 is 0.938 bits per heavy atom. The van der Waals surface area contributed by atoms with Crippen LogP contribution in [0.1, 0.15) is 11.1 Å². The largest absolute Gasteiger partial charge is 0.300 e. The van der Waals surface area contributed by atoms with Crippen molar-refractivity contribution in [3.05, 3.63) is 107 Å². The minimum Gasteiger partial charge on any atom is -0.300 e. The third-order valence-electron chi connectivity index (χ3n) is 5.01. The van der Waals surface area contributed by atoms with E-state index in [-0.39, 0.29) is 5.91 Å². The lowest BCUT2D eigenvalue weighted by Crippen LogP contribution is -2.19. The monoisotopic (exact) mass is 436 g/mol. The van der Waals surface area contributed by atoms with E-state index in [1.54, 1.807) is 0 Å². The van der Waals surface area contributed by atoms with E-state index in [4.69, 9.17) is 5.10 Å². The van der Waals surface area contributed by atoms with Gasteiger partial charge in [0, 0.05) is 17.3 Å². The second kappa shape index (κ2) is 8.69. The van der Waals surface area contributed by atoms with Crippen molar-refractivity contribution in [3.8, 4) is 16.9 Å². The van der Waals surface area contributed by atoms with Gasteiger partial charge in [-0.1, -0.05) is 66.2 Å². The third kappa shape index (κ3) is 4.26. The molecule has 5 rings (SSSR count). The van der Waals surface area contributed by atoms with Gasteiger partial charge < -0.3 is 5.32 Å². The topological polar surface area (TPSA) is 59.3 Å². The molecule has 32 heavy (non-hydrogen) atoms. The molecule has 0 unspecified atom stereocenters. The quantitative estimate of drug-likeness (QED) is 0.415. The van der Waals surface area contributed by atoms with Crippen LogP contribution >= 0.6 is 11.8 Å². The molecule has 1 N–H and O–H groups in total. The summed E-state index contributed by atoms with van der Waals surface area (Å²) in [5.41, 5.74) is 5.61. The van der Waals surface area contributed by atoms with Crippen LogP contribution in [0.3, 0.4) is 0 Å². The fraction of sp³-hybridized carbons (Fsp3) is 0.0385. The molecule has 156 valence electrons. The zero-order chi connectivity index (χ0) is 21.9. The van der Waals surface area contributed by atoms with Crippen LogP contribution in [0.2, 0.25) is 0 Å². The molecule has 1 saturated heterocycles. The van der Waals surface area contributed by atoms with Gasteiger partial charge in [0.1, 0.15) is 0 Å². The van der Waals surface area contributed by atoms with E-state index in [2.05, 4.69) is 10.3 Å². The number of hydrogen-bond acceptors (Lipinski definition) is 4. The first-order valence-corrected chi connectivity index (χ1v) is 11.0. The van der Waals surface area contributed by atoms with E-state index in [0.717, 1.165) is 28.2 Å². The third-order valence-corrected chi connectivity index (χ3v) is 5.92. The highest BCUT2D eigenvalue weighted by Gasteiger charge is 2.25. The average molecular weight is 437 g/mol. The van der Waals surface area contributed by atoms with Crippen LogP contribution in [-0.4, -0.2) is 20.9 Å². The molecule has 1 aromatic heterocycles. The molecule has 1 aliphatic rings. The number of para-hydroxylation sites is 1. The summed E-state index contributed by atoms with van der Waals surface area (Å²) in [4.78, 5) is 17.8. The van der Waals surface area contributed by atoms with Gasteiger partial charge in [0.05, 0.1) is 22.0 Å². The standard InChI is InChI=1S/C26H20N4OS/c1-18-12-14-21(15-13-18)27-26-28-25(31)23(32-26)16-20-17-30(22-10-6-3-7-11-22)29-24(20)19-8-4-2-5-9-19/h2-17H,1H3,(H,27,28,31)/b23-16-. The Bertz CT molecular complexity index is 1320. The number of hydrogen-bond donors (Lipinski definition) is 1. The molecule has 0 saturated carbocycles. The highest BCUT2D eigenvalue weighted by Crippen LogP contribution is 2.31. The average Bonchev–Trinajstić information content (AvgIpc) is 3.40. The van der Waals surface area contributed by atoms with Crippen LogP contribution in [0.15, 0.2) is 101 Å². The van der Waals surface area contributed by atoms with Gasteiger partial charge in [0.2, 0.25) is 0 Å². The van der Waals surface area contributed by atoms with Gasteiger partial charge in [-0.05, 0) is 49.0 Å². The van der Waals surface area contributed by atoms with Crippen LogP contribution in [0.5, 0.6) is 0 Å². The lowest BCUT2D eigenvalue weighted by molar-refractivity contribution is -0.115. The summed E-state index contributed by atoms with van der Waals surface area (Å²) in [5, 5.41) is 8.25. The normalized spacial score (nSPS) is 16.0. The Morgan fingerprint density at radius 3 is 2.34 bits per heavy atom. The molecule has 1 fully saturated rings. The molecule has 6 heteroatoms. The van der Waals surface area contributed by atoms with Crippen molar-refractivity contribution in [2.24, 2.45) is 4.99 Å². The SMILES string of the molecule is Cc1ccc(N=C2NC(=O)/C(=C/c3cn(-c4ccccc4)nc3-c3ccccc3)S2)cc1. The van der Waals surface area contributed by atoms with E-state index in [0.29, 0.717) is 10.1 Å². The molecule has 0 spiro atoms. The number of rotatable bonds is 4. The molecule has 0 aliphatic carbocycles. The van der Waals surface area contributed by atoms with Crippen LogP contribution < -0.4 is 5.32 Å². The van der Waals surface area contributed by atoms with Crippen LogP contribution in [0, 0.1) is 6.92 Å². The van der Waals surface area contributed by atoms with Gasteiger partial charge in [-0.25, -0.2) is 9.67 Å². The predicted molar refractivity (Wildman–Crippen MR) is 131 cm³/mol. The van der Waals surface area contributed by atoms with E-state index < -0.39 is 0 Å². The Hall–Kier alpha value is -3.90. The fourth-order valence-corrected chi connectivity index (χ4v) is 4.22. The number of aryl methyl sites for hydroxylation is 1. The minimum atomic E-state index is -0.160. The fourth-order valence-electron chi connectivity index (χ4n) is 3.38. The molecule has 4 aromatic rings. The number of amidine groups is 1. The second-order valence-corrected chi connectivity index (χ2v) is 8.43. The molecule has 5 nitrogen and oxygen atoms in total. The Labute approximate surface area is 190 Å². The number of amides is 1. The van der Waals surface area contributed by atoms with Crippen molar-refractivity contribution in [1.82, 2.24) is 15.1 Å². The Morgan fingerprint density at radius 2 is 1.62 bits per heavy atom. The van der Waals surface area contributed by atoms with Crippen LogP contribution in [-0.2, 0) is 4.79 Å². The molecule has 3 aromatic carbocycles. The number of thioether (sulfide) groups is 1. The van der Waals surface area contributed by atoms with E-state index >= 15 is 0 Å². The molecule has 2 heterocycles. The lowest BCUT2D eigenvalue weighted by atomic mass is 10.1. The van der Waals surface area contributed by atoms with E-state index in [1.807, 2.05) is 109 Å². The number of benzene rings is 3. The van der Waals surface area contributed by atoms with Crippen molar-refractivity contribution in [2.45, 2.75) is 6.92 Å². The zero-order valence-electron chi connectivity index (χ0n) is 17.4. The Kier molecular flexibility index (Phi) is 5.44. The van der Waals surface area contributed by atoms with E-state index in [1.165, 1.54) is 17.3 Å². The van der Waals surface area contributed by atoms with Gasteiger partial charge in [-0.2, -0.15) is 5.10 Å². The number of carbonyl (C=O) groups is 1. The van der Waals surface area contributed by atoms with Crippen LogP contribution in [0.4, 0.5) is 5.69 Å². The van der Waals surface area contributed by atoms with Gasteiger partial charge in [0.25, 0.3) is 5.91 Å². The maximum absolute atomic E-state index is 12.6. The second-order valence-electron chi connectivity index (χ2n) is 7.40. The number of nitrogens with zero attached hydrogens (tertiary/aromatic N) is 3. The lowest BCUT2D eigenvalue weighted by Gasteiger charge is -2.00. The molecule has 0 bridgehead atoms. The number of nitrogens with one attached hydrogen (secondary N) is 1. The van der Waals surface area contributed by atoms with Gasteiger partial charge in [-0.15, -0.1) is 0 Å². The summed E-state index contributed by atoms with van der Waals surface area (Å²) in [7, 11) is 0. The smallest absolute Gasteiger partial charge is 0.264 e. The van der Waals surface area contributed by atoms with Crippen molar-refractivity contribution in [1.29, 1.82) is 0 Å². The first-order chi connectivity index (χ1) is 15.7. The van der Waals surface area contributed by atoms with Gasteiger partial charge in [0.15, 0.2) is 5.17 Å². The van der Waals surface area contributed by atoms with Crippen LogP contribution in [0.25, 0.3) is 23.0 Å². The molecular formula is C26H20N4OS. The summed E-state index contributed by atoms with van der Waals surface area (Å²) in [6, 6.07) is 27.8. The number of aromatic nitrogens is 2. The summed E-state index contributed by atoms with van der Waals surface area (Å²) < 4.78 is 1.84. The predicted octanol–water partition coefficient (Wildman–Crippen LogP) is 5.74. The minimum absolute atomic E-state index is 0.160. The van der Waals surface area contributed by atoms with E-state index in [9.17, 15) is 4.79 Å². The van der Waals surface area contributed by atoms with Crippen molar-refractivity contribution < 1.29 is 4.79 Å². The van der Waals surface area contributed by atoms with Crippen molar-refractivity contribution in [2.75, 3.05) is 0 Å². The highest BCUT2D eigenvalue weighted by molar-refractivity contribution is 8.18. The Balaban J connectivity index is 1.52. The molecule has 1 aliphatic heterocycles. The molecule has 1 amide bonds. The first-order valence-electron chi connectivity index (χ1n) is 10.2. The summed E-state index contributed by atoms with van der Waals surface area (Å²) in [6.45, 7) is 2.03. The highest BCUT2D eigenvalue weighted by atomic mass is 32.2. The van der Waals surface area contributed by atoms with Gasteiger partial charge in [-0.3, -0.25) is 4.79 Å². The van der Waals surface area contributed by atoms with Gasteiger partial charge >= 0.3 is 0 Å². The molecular weight excluding hydrogens is 416 g/mol. The maximum atomic E-state index is 12.6. The maximum Gasteiger partial charge on any atom is 0.264 e. The zero-order valence-corrected chi connectivity index (χ0v) is 18.2. The molecule has 0 atom stereocenters. The summed E-state index contributed by atoms with van der Waals surface area (Å²) in [5.74, 6) is -0.160. The summed E-state index contributed by atoms with van der Waals surface area (Å²) in [6.07, 6.45) is 3.83. The molecule has 0 radical (unpaired) electrons. The summed E-state index contributed by atoms with van der Waals surface area (Å²) >= 11 is 1.34. The van der Waals surface area contributed by atoms with Crippen molar-refractivity contribution in [3.63, 3.8) is 0 Å². The number of aliphatic imine (C=N–C) groups is 1. The number of carbonyl (C=O) groups excluding carboxylic acids is 1. The van der Waals surface area contributed by atoms with Crippen molar-refractivity contribution >= 4 is 34.6 Å².